The first kappa shape index (κ1) is 23.2. The fourth-order valence-electron chi connectivity index (χ4n) is 3.87. The van der Waals surface area contributed by atoms with Crippen LogP contribution in [0.15, 0.2) is 66.9 Å². The molecule has 0 spiro atoms. The van der Waals surface area contributed by atoms with E-state index in [2.05, 4.69) is 10.3 Å². The molecule has 0 fully saturated rings. The lowest BCUT2D eigenvalue weighted by Crippen LogP contribution is -2.39. The van der Waals surface area contributed by atoms with E-state index in [0.717, 1.165) is 27.6 Å². The number of H-pyrrole nitrogens is 1. The highest BCUT2D eigenvalue weighted by Gasteiger charge is 2.20. The number of hydrogen-bond acceptors (Lipinski definition) is 3. The first-order valence-electron chi connectivity index (χ1n) is 10.7. The van der Waals surface area contributed by atoms with Crippen LogP contribution < -0.4 is 10.1 Å². The molecule has 0 aliphatic heterocycles. The number of nitrogens with one attached hydrogen (secondary N) is 2. The van der Waals surface area contributed by atoms with Gasteiger partial charge in [0.25, 0.3) is 5.91 Å². The minimum atomic E-state index is -0.464. The molecular weight excluding hydrogens is 459 g/mol. The number of ether oxygens (including phenoxy) is 1. The van der Waals surface area contributed by atoms with Crippen LogP contribution in [-0.4, -0.2) is 35.3 Å². The lowest BCUT2D eigenvalue weighted by atomic mass is 10.0. The normalized spacial score (nSPS) is 12.0. The van der Waals surface area contributed by atoms with E-state index in [-0.39, 0.29) is 12.5 Å². The van der Waals surface area contributed by atoms with Crippen LogP contribution in [-0.2, 0) is 6.42 Å². The number of halogens is 2. The Bertz CT molecular complexity index is 1290. The van der Waals surface area contributed by atoms with E-state index in [4.69, 9.17) is 27.9 Å². The zero-order valence-electron chi connectivity index (χ0n) is 18.1. The summed E-state index contributed by atoms with van der Waals surface area (Å²) < 4.78 is 5.69. The average molecular weight is 483 g/mol. The number of aromatic amines is 1. The third-order valence-corrected chi connectivity index (χ3v) is 6.01. The number of benzene rings is 3. The van der Waals surface area contributed by atoms with Crippen LogP contribution in [0.1, 0.15) is 22.8 Å². The van der Waals surface area contributed by atoms with Gasteiger partial charge in [0.2, 0.25) is 0 Å². The molecule has 0 aliphatic carbocycles. The summed E-state index contributed by atoms with van der Waals surface area (Å²) in [6, 6.07) is 18.1. The highest BCUT2D eigenvalue weighted by molar-refractivity contribution is 6.36. The molecule has 7 heteroatoms. The number of rotatable bonds is 8. The van der Waals surface area contributed by atoms with Crippen LogP contribution in [0.25, 0.3) is 22.0 Å². The Morgan fingerprint density at radius 2 is 1.94 bits per heavy atom. The summed E-state index contributed by atoms with van der Waals surface area (Å²) in [5.74, 6) is 0.136. The van der Waals surface area contributed by atoms with E-state index in [0.29, 0.717) is 34.4 Å². The molecule has 4 aromatic rings. The van der Waals surface area contributed by atoms with Gasteiger partial charge in [-0.25, -0.2) is 0 Å². The van der Waals surface area contributed by atoms with Crippen molar-refractivity contribution in [1.29, 1.82) is 0 Å². The van der Waals surface area contributed by atoms with E-state index < -0.39 is 6.04 Å². The maximum Gasteiger partial charge on any atom is 0.255 e. The van der Waals surface area contributed by atoms with Gasteiger partial charge in [-0.15, -0.1) is 0 Å². The van der Waals surface area contributed by atoms with Crippen molar-refractivity contribution in [3.05, 3.63) is 88.0 Å². The van der Waals surface area contributed by atoms with Gasteiger partial charge >= 0.3 is 0 Å². The summed E-state index contributed by atoms with van der Waals surface area (Å²) in [7, 11) is 0. The zero-order chi connectivity index (χ0) is 23.4. The monoisotopic (exact) mass is 482 g/mol. The minimum absolute atomic E-state index is 0.197. The number of carbonyl (C=O) groups excluding carboxylic acids is 1. The third-order valence-electron chi connectivity index (χ3n) is 5.46. The van der Waals surface area contributed by atoms with Crippen LogP contribution in [0.2, 0.25) is 10.0 Å². The van der Waals surface area contributed by atoms with E-state index in [1.807, 2.05) is 49.5 Å². The summed E-state index contributed by atoms with van der Waals surface area (Å²) >= 11 is 12.4. The largest absolute Gasteiger partial charge is 0.493 e. The van der Waals surface area contributed by atoms with Crippen LogP contribution in [0.5, 0.6) is 5.75 Å². The van der Waals surface area contributed by atoms with Gasteiger partial charge in [0.05, 0.1) is 24.8 Å². The second kappa shape index (κ2) is 10.3. The van der Waals surface area contributed by atoms with Gasteiger partial charge in [-0.1, -0.05) is 53.5 Å². The molecule has 5 nitrogen and oxygen atoms in total. The Labute approximate surface area is 202 Å². The molecule has 0 bridgehead atoms. The molecule has 1 atom stereocenters. The third kappa shape index (κ3) is 5.17. The fraction of sp³-hybridized carbons (Fsp3) is 0.192. The van der Waals surface area contributed by atoms with Crippen molar-refractivity contribution in [2.24, 2.45) is 0 Å². The molecule has 0 saturated carbocycles. The Morgan fingerprint density at radius 1 is 1.12 bits per heavy atom. The first-order valence-corrected chi connectivity index (χ1v) is 11.4. The zero-order valence-corrected chi connectivity index (χ0v) is 19.6. The van der Waals surface area contributed by atoms with E-state index >= 15 is 0 Å². The van der Waals surface area contributed by atoms with Crippen molar-refractivity contribution in [3.8, 4) is 16.9 Å². The number of amides is 1. The summed E-state index contributed by atoms with van der Waals surface area (Å²) in [6.45, 7) is 2.08. The average Bonchev–Trinajstić information content (AvgIpc) is 3.22. The van der Waals surface area contributed by atoms with Crippen molar-refractivity contribution in [1.82, 2.24) is 10.3 Å². The summed E-state index contributed by atoms with van der Waals surface area (Å²) in [5.41, 5.74) is 3.94. The molecular formula is C26H24Cl2N2O3. The van der Waals surface area contributed by atoms with E-state index in [1.165, 1.54) is 0 Å². The highest BCUT2D eigenvalue weighted by atomic mass is 35.5. The van der Waals surface area contributed by atoms with Gasteiger partial charge < -0.3 is 20.1 Å². The number of aromatic nitrogens is 1. The van der Waals surface area contributed by atoms with Crippen LogP contribution in [0.4, 0.5) is 0 Å². The number of hydrogen-bond donors (Lipinski definition) is 3. The topological polar surface area (TPSA) is 74.3 Å². The molecule has 3 aromatic carbocycles. The van der Waals surface area contributed by atoms with E-state index in [9.17, 15) is 9.90 Å². The van der Waals surface area contributed by atoms with Gasteiger partial charge in [0.15, 0.2) is 0 Å². The molecule has 0 unspecified atom stereocenters. The summed E-state index contributed by atoms with van der Waals surface area (Å²) in [6.07, 6.45) is 2.40. The Kier molecular flexibility index (Phi) is 7.23. The molecule has 1 heterocycles. The smallest absolute Gasteiger partial charge is 0.255 e. The predicted octanol–water partition coefficient (Wildman–Crippen LogP) is 5.87. The number of aliphatic hydroxyl groups is 1. The predicted molar refractivity (Wildman–Crippen MR) is 133 cm³/mol. The molecule has 4 rings (SSSR count). The van der Waals surface area contributed by atoms with Gasteiger partial charge in [-0.05, 0) is 54.8 Å². The van der Waals surface area contributed by atoms with Crippen LogP contribution >= 0.6 is 23.2 Å². The standard InChI is InChI=1S/C26H24Cl2N2O3/c1-2-33-25-10-7-16(20-9-8-18(27)13-23(20)28)12-22(25)26(32)30-19(15-31)11-17-14-29-24-6-4-3-5-21(17)24/h3-10,12-14,19,29,31H,2,11,15H2,1H3,(H,30,32)/t19-/m1/s1. The minimum Gasteiger partial charge on any atom is -0.493 e. The number of carbonyl (C=O) groups is 1. The maximum atomic E-state index is 13.3. The lowest BCUT2D eigenvalue weighted by molar-refractivity contribution is 0.0913. The van der Waals surface area contributed by atoms with Crippen LogP contribution in [0.3, 0.4) is 0 Å². The molecule has 170 valence electrons. The summed E-state index contributed by atoms with van der Waals surface area (Å²) in [5, 5.41) is 15.0. The van der Waals surface area contributed by atoms with Crippen molar-refractivity contribution in [3.63, 3.8) is 0 Å². The number of para-hydroxylation sites is 1. The molecule has 3 N–H and O–H groups in total. The molecule has 1 aromatic heterocycles. The lowest BCUT2D eigenvalue weighted by Gasteiger charge is -2.18. The second-order valence-electron chi connectivity index (χ2n) is 7.68. The molecule has 33 heavy (non-hydrogen) atoms. The van der Waals surface area contributed by atoms with E-state index in [1.54, 1.807) is 24.3 Å². The van der Waals surface area contributed by atoms with Gasteiger partial charge in [0.1, 0.15) is 5.75 Å². The molecule has 0 radical (unpaired) electrons. The highest BCUT2D eigenvalue weighted by Crippen LogP contribution is 2.33. The van der Waals surface area contributed by atoms with Gasteiger partial charge in [-0.3, -0.25) is 4.79 Å². The summed E-state index contributed by atoms with van der Waals surface area (Å²) in [4.78, 5) is 16.5. The Hall–Kier alpha value is -2.99. The first-order chi connectivity index (χ1) is 16.0. The number of aliphatic hydroxyl groups excluding tert-OH is 1. The van der Waals surface area contributed by atoms with Crippen molar-refractivity contribution >= 4 is 40.0 Å². The SMILES string of the molecule is CCOc1ccc(-c2ccc(Cl)cc2Cl)cc1C(=O)N[C@@H](CO)Cc1c[nH]c2ccccc12. The second-order valence-corrected chi connectivity index (χ2v) is 8.53. The Morgan fingerprint density at radius 3 is 2.70 bits per heavy atom. The Balaban J connectivity index is 1.61. The maximum absolute atomic E-state index is 13.3. The van der Waals surface area contributed by atoms with Gasteiger partial charge in [0, 0.05) is 32.7 Å². The van der Waals surface area contributed by atoms with Crippen molar-refractivity contribution in [2.45, 2.75) is 19.4 Å². The molecule has 0 aliphatic rings. The van der Waals surface area contributed by atoms with Crippen molar-refractivity contribution < 1.29 is 14.6 Å². The fourth-order valence-corrected chi connectivity index (χ4v) is 4.39. The van der Waals surface area contributed by atoms with Gasteiger partial charge in [-0.2, -0.15) is 0 Å². The van der Waals surface area contributed by atoms with Crippen LogP contribution in [0, 0.1) is 0 Å². The molecule has 0 saturated heterocycles. The molecule has 1 amide bonds. The van der Waals surface area contributed by atoms with Crippen molar-refractivity contribution in [2.75, 3.05) is 13.2 Å². The number of fused-ring (bicyclic) bond motifs is 1. The quantitative estimate of drug-likeness (QED) is 0.293.